The molecule has 0 spiro atoms. The first-order chi connectivity index (χ1) is 9.38. The standard InChI is InChI=1S/C14H15BrFN3O/c1-7-13(14(20)19-9(3)17-7)8(2)18-12-5-4-10(16)6-11(12)15/h4-6,8,18H,1-3H3,(H,17,19,20). The third kappa shape index (κ3) is 3.07. The highest BCUT2D eigenvalue weighted by atomic mass is 79.9. The molecule has 2 aromatic rings. The molecule has 0 bridgehead atoms. The number of nitrogens with one attached hydrogen (secondary N) is 2. The van der Waals surface area contributed by atoms with E-state index in [9.17, 15) is 9.18 Å². The number of aryl methyl sites for hydroxylation is 2. The molecule has 106 valence electrons. The second kappa shape index (κ2) is 5.75. The molecule has 0 aliphatic heterocycles. The first-order valence-corrected chi connectivity index (χ1v) is 6.97. The Balaban J connectivity index is 2.33. The number of anilines is 1. The fraction of sp³-hybridized carbons (Fsp3) is 0.286. The second-order valence-corrected chi connectivity index (χ2v) is 5.49. The molecular formula is C14H15BrFN3O. The predicted molar refractivity (Wildman–Crippen MR) is 80.5 cm³/mol. The fourth-order valence-corrected chi connectivity index (χ4v) is 2.62. The Morgan fingerprint density at radius 2 is 2.10 bits per heavy atom. The average molecular weight is 340 g/mol. The number of hydrogen-bond donors (Lipinski definition) is 2. The zero-order valence-electron chi connectivity index (χ0n) is 11.4. The molecular weight excluding hydrogens is 325 g/mol. The second-order valence-electron chi connectivity index (χ2n) is 4.64. The van der Waals surface area contributed by atoms with E-state index in [1.165, 1.54) is 12.1 Å². The zero-order valence-corrected chi connectivity index (χ0v) is 13.0. The lowest BCUT2D eigenvalue weighted by molar-refractivity contribution is 0.627. The number of hydrogen-bond acceptors (Lipinski definition) is 3. The smallest absolute Gasteiger partial charge is 0.256 e. The lowest BCUT2D eigenvalue weighted by Crippen LogP contribution is -2.23. The van der Waals surface area contributed by atoms with Gasteiger partial charge < -0.3 is 10.3 Å². The van der Waals surface area contributed by atoms with Gasteiger partial charge in [-0.3, -0.25) is 4.79 Å². The highest BCUT2D eigenvalue weighted by Gasteiger charge is 2.15. The Bertz CT molecular complexity index is 699. The quantitative estimate of drug-likeness (QED) is 0.900. The molecule has 0 fully saturated rings. The molecule has 20 heavy (non-hydrogen) atoms. The van der Waals surface area contributed by atoms with Crippen LogP contribution in [0, 0.1) is 19.7 Å². The van der Waals surface area contributed by atoms with Crippen LogP contribution in [0.3, 0.4) is 0 Å². The van der Waals surface area contributed by atoms with Crippen LogP contribution in [0.2, 0.25) is 0 Å². The normalized spacial score (nSPS) is 12.2. The summed E-state index contributed by atoms with van der Waals surface area (Å²) in [6.45, 7) is 5.41. The third-order valence-electron chi connectivity index (χ3n) is 3.00. The highest BCUT2D eigenvalue weighted by molar-refractivity contribution is 9.10. The monoisotopic (exact) mass is 339 g/mol. The molecule has 4 nitrogen and oxygen atoms in total. The molecule has 0 saturated carbocycles. The van der Waals surface area contributed by atoms with Crippen LogP contribution >= 0.6 is 15.9 Å². The van der Waals surface area contributed by atoms with E-state index in [4.69, 9.17) is 0 Å². The molecule has 1 heterocycles. The molecule has 0 aliphatic rings. The third-order valence-corrected chi connectivity index (χ3v) is 3.66. The van der Waals surface area contributed by atoms with Crippen LogP contribution in [0.15, 0.2) is 27.5 Å². The lowest BCUT2D eigenvalue weighted by atomic mass is 10.1. The molecule has 1 aromatic heterocycles. The minimum absolute atomic E-state index is 0.159. The van der Waals surface area contributed by atoms with Crippen LogP contribution in [-0.2, 0) is 0 Å². The lowest BCUT2D eigenvalue weighted by Gasteiger charge is -2.17. The Kier molecular flexibility index (Phi) is 4.23. The van der Waals surface area contributed by atoms with E-state index in [0.717, 1.165) is 5.69 Å². The van der Waals surface area contributed by atoms with Gasteiger partial charge in [0, 0.05) is 10.2 Å². The number of rotatable bonds is 3. The van der Waals surface area contributed by atoms with Crippen molar-refractivity contribution in [3.63, 3.8) is 0 Å². The number of aromatic nitrogens is 2. The van der Waals surface area contributed by atoms with Crippen molar-refractivity contribution in [2.75, 3.05) is 5.32 Å². The zero-order chi connectivity index (χ0) is 14.9. The number of nitrogens with zero attached hydrogens (tertiary/aromatic N) is 1. The molecule has 1 aromatic carbocycles. The molecule has 0 aliphatic carbocycles. The first-order valence-electron chi connectivity index (χ1n) is 6.17. The van der Waals surface area contributed by atoms with Gasteiger partial charge in [0.05, 0.1) is 17.3 Å². The van der Waals surface area contributed by atoms with Crippen molar-refractivity contribution in [3.8, 4) is 0 Å². The van der Waals surface area contributed by atoms with Gasteiger partial charge in [0.1, 0.15) is 11.6 Å². The molecule has 2 N–H and O–H groups in total. The minimum atomic E-state index is -0.318. The maximum atomic E-state index is 13.1. The summed E-state index contributed by atoms with van der Waals surface area (Å²) in [7, 11) is 0. The van der Waals surface area contributed by atoms with Gasteiger partial charge in [-0.05, 0) is 54.9 Å². The summed E-state index contributed by atoms with van der Waals surface area (Å²) in [5.74, 6) is 0.271. The SMILES string of the molecule is Cc1nc(C)c(C(C)Nc2ccc(F)cc2Br)c(=O)[nH]1. The summed E-state index contributed by atoms with van der Waals surface area (Å²) < 4.78 is 13.7. The van der Waals surface area contributed by atoms with Crippen molar-refractivity contribution >= 4 is 21.6 Å². The highest BCUT2D eigenvalue weighted by Crippen LogP contribution is 2.26. The van der Waals surface area contributed by atoms with E-state index < -0.39 is 0 Å². The summed E-state index contributed by atoms with van der Waals surface area (Å²) >= 11 is 3.29. The van der Waals surface area contributed by atoms with Gasteiger partial charge in [0.2, 0.25) is 0 Å². The van der Waals surface area contributed by atoms with Crippen LogP contribution in [0.1, 0.15) is 30.0 Å². The van der Waals surface area contributed by atoms with E-state index in [0.29, 0.717) is 21.6 Å². The van der Waals surface area contributed by atoms with E-state index in [1.807, 2.05) is 6.92 Å². The molecule has 0 radical (unpaired) electrons. The van der Waals surface area contributed by atoms with Crippen LogP contribution in [0.4, 0.5) is 10.1 Å². The van der Waals surface area contributed by atoms with Crippen molar-refractivity contribution in [2.24, 2.45) is 0 Å². The van der Waals surface area contributed by atoms with Crippen molar-refractivity contribution in [1.29, 1.82) is 0 Å². The number of benzene rings is 1. The molecule has 1 unspecified atom stereocenters. The van der Waals surface area contributed by atoms with Gasteiger partial charge in [0.15, 0.2) is 0 Å². The number of halogens is 2. The van der Waals surface area contributed by atoms with E-state index >= 15 is 0 Å². The Morgan fingerprint density at radius 1 is 1.40 bits per heavy atom. The summed E-state index contributed by atoms with van der Waals surface area (Å²) in [5, 5.41) is 3.18. The van der Waals surface area contributed by atoms with Gasteiger partial charge in [-0.25, -0.2) is 9.37 Å². The molecule has 1 atom stereocenters. The topological polar surface area (TPSA) is 57.8 Å². The summed E-state index contributed by atoms with van der Waals surface area (Å²) in [4.78, 5) is 19.0. The van der Waals surface area contributed by atoms with Gasteiger partial charge in [-0.15, -0.1) is 0 Å². The van der Waals surface area contributed by atoms with Crippen molar-refractivity contribution in [1.82, 2.24) is 9.97 Å². The molecule has 0 saturated heterocycles. The Morgan fingerprint density at radius 3 is 2.70 bits per heavy atom. The van der Waals surface area contributed by atoms with Gasteiger partial charge in [-0.1, -0.05) is 0 Å². The summed E-state index contributed by atoms with van der Waals surface area (Å²) in [6.07, 6.45) is 0. The molecule has 2 rings (SSSR count). The first kappa shape index (κ1) is 14.7. The van der Waals surface area contributed by atoms with Crippen LogP contribution in [0.5, 0.6) is 0 Å². The number of aromatic amines is 1. The van der Waals surface area contributed by atoms with Crippen molar-refractivity contribution < 1.29 is 4.39 Å². The average Bonchev–Trinajstić information content (AvgIpc) is 2.31. The van der Waals surface area contributed by atoms with Crippen LogP contribution < -0.4 is 10.9 Å². The maximum Gasteiger partial charge on any atom is 0.256 e. The Hall–Kier alpha value is -1.69. The largest absolute Gasteiger partial charge is 0.377 e. The van der Waals surface area contributed by atoms with E-state index in [1.54, 1.807) is 19.9 Å². The maximum absolute atomic E-state index is 13.1. The van der Waals surface area contributed by atoms with Crippen molar-refractivity contribution in [2.45, 2.75) is 26.8 Å². The van der Waals surface area contributed by atoms with E-state index in [-0.39, 0.29) is 17.4 Å². The molecule has 0 amide bonds. The summed E-state index contributed by atoms with van der Waals surface area (Å²) in [6, 6.07) is 4.12. The fourth-order valence-electron chi connectivity index (χ4n) is 2.16. The number of H-pyrrole nitrogens is 1. The van der Waals surface area contributed by atoms with Crippen LogP contribution in [0.25, 0.3) is 0 Å². The van der Waals surface area contributed by atoms with Crippen molar-refractivity contribution in [3.05, 3.63) is 55.9 Å². The van der Waals surface area contributed by atoms with Gasteiger partial charge in [0.25, 0.3) is 5.56 Å². The van der Waals surface area contributed by atoms with Gasteiger partial charge >= 0.3 is 0 Å². The summed E-state index contributed by atoms with van der Waals surface area (Å²) in [5.41, 5.74) is 1.82. The minimum Gasteiger partial charge on any atom is -0.377 e. The van der Waals surface area contributed by atoms with Crippen LogP contribution in [-0.4, -0.2) is 9.97 Å². The molecule has 6 heteroatoms. The van der Waals surface area contributed by atoms with E-state index in [2.05, 4.69) is 31.2 Å². The Labute approximate surface area is 124 Å². The predicted octanol–water partition coefficient (Wildman–Crippen LogP) is 3.46. The van der Waals surface area contributed by atoms with Gasteiger partial charge in [-0.2, -0.15) is 0 Å².